The number of H-pyrrole nitrogens is 1. The number of carboxylic acid groups (broad SMARTS) is 1. The highest BCUT2D eigenvalue weighted by molar-refractivity contribution is 5.99. The van der Waals surface area contributed by atoms with Crippen LogP contribution in [0, 0.1) is 12.7 Å². The normalized spacial score (nSPS) is 10.8. The Morgan fingerprint density at radius 2 is 2.05 bits per heavy atom. The van der Waals surface area contributed by atoms with Crippen molar-refractivity contribution in [1.82, 2.24) is 9.88 Å². The van der Waals surface area contributed by atoms with Gasteiger partial charge in [0.1, 0.15) is 11.5 Å². The smallest absolute Gasteiger partial charge is 0.305 e. The first-order valence-electron chi connectivity index (χ1n) is 6.72. The van der Waals surface area contributed by atoms with Crippen molar-refractivity contribution in [3.05, 3.63) is 35.3 Å². The molecule has 0 aliphatic carbocycles. The first-order valence-corrected chi connectivity index (χ1v) is 6.72. The molecule has 0 saturated heterocycles. The Kier molecular flexibility index (Phi) is 4.26. The number of hydrogen-bond acceptors (Lipinski definition) is 2. The summed E-state index contributed by atoms with van der Waals surface area (Å²) in [5, 5.41) is 9.49. The number of carboxylic acids is 1. The fourth-order valence-electron chi connectivity index (χ4n) is 2.29. The third-order valence-electron chi connectivity index (χ3n) is 3.40. The lowest BCUT2D eigenvalue weighted by Crippen LogP contribution is -2.33. The van der Waals surface area contributed by atoms with E-state index in [1.165, 1.54) is 17.0 Å². The van der Waals surface area contributed by atoms with Crippen molar-refractivity contribution in [2.24, 2.45) is 0 Å². The molecule has 1 aromatic heterocycles. The third kappa shape index (κ3) is 3.21. The van der Waals surface area contributed by atoms with E-state index in [9.17, 15) is 14.0 Å². The number of nitrogens with zero attached hydrogens (tertiary/aromatic N) is 1. The van der Waals surface area contributed by atoms with E-state index >= 15 is 0 Å². The van der Waals surface area contributed by atoms with Gasteiger partial charge in [-0.3, -0.25) is 9.59 Å². The van der Waals surface area contributed by atoms with Gasteiger partial charge < -0.3 is 15.0 Å². The number of rotatable bonds is 5. The van der Waals surface area contributed by atoms with E-state index in [1.54, 1.807) is 19.9 Å². The minimum atomic E-state index is -0.948. The molecule has 0 spiro atoms. The van der Waals surface area contributed by atoms with E-state index in [0.717, 1.165) is 10.9 Å². The molecule has 0 atom stereocenters. The molecule has 112 valence electrons. The Bertz CT molecular complexity index is 694. The molecule has 2 N–H and O–H groups in total. The zero-order valence-corrected chi connectivity index (χ0v) is 11.9. The maximum absolute atomic E-state index is 13.4. The summed E-state index contributed by atoms with van der Waals surface area (Å²) >= 11 is 0. The summed E-state index contributed by atoms with van der Waals surface area (Å²) in [6, 6.07) is 4.43. The van der Waals surface area contributed by atoms with Gasteiger partial charge >= 0.3 is 5.97 Å². The van der Waals surface area contributed by atoms with Gasteiger partial charge in [0.05, 0.1) is 6.42 Å². The van der Waals surface area contributed by atoms with E-state index in [2.05, 4.69) is 4.98 Å². The van der Waals surface area contributed by atoms with Gasteiger partial charge in [-0.1, -0.05) is 0 Å². The van der Waals surface area contributed by atoms with Gasteiger partial charge in [0.15, 0.2) is 0 Å². The topological polar surface area (TPSA) is 73.4 Å². The second-order valence-electron chi connectivity index (χ2n) is 4.90. The summed E-state index contributed by atoms with van der Waals surface area (Å²) in [5.74, 6) is -1.59. The zero-order chi connectivity index (χ0) is 15.6. The third-order valence-corrected chi connectivity index (χ3v) is 3.40. The van der Waals surface area contributed by atoms with E-state index in [1.807, 2.05) is 0 Å². The van der Waals surface area contributed by atoms with Crippen molar-refractivity contribution in [2.75, 3.05) is 13.1 Å². The molecular formula is C15H17FN2O3. The Balaban J connectivity index is 2.29. The number of benzene rings is 1. The Hall–Kier alpha value is -2.37. The Morgan fingerprint density at radius 1 is 1.33 bits per heavy atom. The van der Waals surface area contributed by atoms with Gasteiger partial charge in [0, 0.05) is 24.0 Å². The van der Waals surface area contributed by atoms with Gasteiger partial charge in [-0.05, 0) is 37.6 Å². The number of aryl methyl sites for hydroxylation is 1. The van der Waals surface area contributed by atoms with Crippen LogP contribution >= 0.6 is 0 Å². The van der Waals surface area contributed by atoms with E-state index in [-0.39, 0.29) is 24.7 Å². The maximum Gasteiger partial charge on any atom is 0.305 e. The van der Waals surface area contributed by atoms with Crippen LogP contribution in [0.25, 0.3) is 10.9 Å². The Labute approximate surface area is 121 Å². The standard InChI is InChI=1S/C15H17FN2O3/c1-3-18(5-4-14(19)20)15(21)13-8-11-9(2)6-10(16)7-12(11)17-13/h6-8,17H,3-5H2,1-2H3,(H,19,20). The fraction of sp³-hybridized carbons (Fsp3) is 0.333. The summed E-state index contributed by atoms with van der Waals surface area (Å²) in [6.07, 6.45) is -0.104. The molecular weight excluding hydrogens is 275 g/mol. The number of amides is 1. The highest BCUT2D eigenvalue weighted by atomic mass is 19.1. The lowest BCUT2D eigenvalue weighted by atomic mass is 10.1. The van der Waals surface area contributed by atoms with Crippen molar-refractivity contribution >= 4 is 22.8 Å². The average Bonchev–Trinajstić information content (AvgIpc) is 2.83. The molecule has 0 bridgehead atoms. The largest absolute Gasteiger partial charge is 0.481 e. The predicted octanol–water partition coefficient (Wildman–Crippen LogP) is 2.55. The predicted molar refractivity (Wildman–Crippen MR) is 76.8 cm³/mol. The van der Waals surface area contributed by atoms with Crippen LogP contribution < -0.4 is 0 Å². The van der Waals surface area contributed by atoms with E-state index < -0.39 is 5.97 Å². The summed E-state index contributed by atoms with van der Waals surface area (Å²) < 4.78 is 13.4. The molecule has 1 aromatic carbocycles. The molecule has 0 radical (unpaired) electrons. The molecule has 0 unspecified atom stereocenters. The van der Waals surface area contributed by atoms with Gasteiger partial charge in [0.25, 0.3) is 5.91 Å². The van der Waals surface area contributed by atoms with Gasteiger partial charge in [-0.25, -0.2) is 4.39 Å². The van der Waals surface area contributed by atoms with Crippen LogP contribution in [0.5, 0.6) is 0 Å². The quantitative estimate of drug-likeness (QED) is 0.889. The number of carbonyl (C=O) groups excluding carboxylic acids is 1. The monoisotopic (exact) mass is 292 g/mol. The van der Waals surface area contributed by atoms with Crippen LogP contribution in [0.2, 0.25) is 0 Å². The maximum atomic E-state index is 13.4. The molecule has 5 nitrogen and oxygen atoms in total. The van der Waals surface area contributed by atoms with E-state index in [4.69, 9.17) is 5.11 Å². The first-order chi connectivity index (χ1) is 9.92. The summed E-state index contributed by atoms with van der Waals surface area (Å²) in [6.45, 7) is 4.12. The molecule has 6 heteroatoms. The van der Waals surface area contributed by atoms with Crippen molar-refractivity contribution in [2.45, 2.75) is 20.3 Å². The lowest BCUT2D eigenvalue weighted by molar-refractivity contribution is -0.137. The zero-order valence-electron chi connectivity index (χ0n) is 11.9. The fourth-order valence-corrected chi connectivity index (χ4v) is 2.29. The lowest BCUT2D eigenvalue weighted by Gasteiger charge is -2.18. The minimum absolute atomic E-state index is 0.104. The second-order valence-corrected chi connectivity index (χ2v) is 4.90. The van der Waals surface area contributed by atoms with Crippen molar-refractivity contribution in [3.63, 3.8) is 0 Å². The van der Waals surface area contributed by atoms with Crippen molar-refractivity contribution in [3.8, 4) is 0 Å². The molecule has 0 saturated carbocycles. The Morgan fingerprint density at radius 3 is 2.67 bits per heavy atom. The molecule has 0 aliphatic rings. The molecule has 0 fully saturated rings. The van der Waals surface area contributed by atoms with Crippen LogP contribution in [0.15, 0.2) is 18.2 Å². The first kappa shape index (κ1) is 15.0. The average molecular weight is 292 g/mol. The van der Waals surface area contributed by atoms with Gasteiger partial charge in [-0.15, -0.1) is 0 Å². The summed E-state index contributed by atoms with van der Waals surface area (Å²) in [4.78, 5) is 27.3. The number of fused-ring (bicyclic) bond motifs is 1. The SMILES string of the molecule is CCN(CCC(=O)O)C(=O)c1cc2c(C)cc(F)cc2[nH]1. The van der Waals surface area contributed by atoms with Crippen LogP contribution in [-0.4, -0.2) is 40.0 Å². The van der Waals surface area contributed by atoms with Gasteiger partial charge in [0.2, 0.25) is 0 Å². The molecule has 2 rings (SSSR count). The highest BCUT2D eigenvalue weighted by Crippen LogP contribution is 2.22. The molecule has 1 heterocycles. The number of aromatic nitrogens is 1. The molecule has 1 amide bonds. The molecule has 21 heavy (non-hydrogen) atoms. The van der Waals surface area contributed by atoms with Crippen molar-refractivity contribution in [1.29, 1.82) is 0 Å². The minimum Gasteiger partial charge on any atom is -0.481 e. The molecule has 0 aliphatic heterocycles. The van der Waals surface area contributed by atoms with Crippen molar-refractivity contribution < 1.29 is 19.1 Å². The number of aliphatic carboxylic acids is 1. The number of aromatic amines is 1. The summed E-state index contributed by atoms with van der Waals surface area (Å²) in [7, 11) is 0. The van der Waals surface area contributed by atoms with E-state index in [0.29, 0.717) is 17.8 Å². The number of carbonyl (C=O) groups is 2. The number of hydrogen-bond donors (Lipinski definition) is 2. The van der Waals surface area contributed by atoms with Crippen LogP contribution in [-0.2, 0) is 4.79 Å². The number of nitrogens with one attached hydrogen (secondary N) is 1. The van der Waals surface area contributed by atoms with Crippen LogP contribution in [0.3, 0.4) is 0 Å². The highest BCUT2D eigenvalue weighted by Gasteiger charge is 2.18. The van der Waals surface area contributed by atoms with Gasteiger partial charge in [-0.2, -0.15) is 0 Å². The summed E-state index contributed by atoms with van der Waals surface area (Å²) in [5.41, 5.74) is 1.64. The van der Waals surface area contributed by atoms with Crippen LogP contribution in [0.4, 0.5) is 4.39 Å². The molecule has 2 aromatic rings. The number of halogens is 1. The second kappa shape index (κ2) is 5.95. The van der Waals surface area contributed by atoms with Crippen LogP contribution in [0.1, 0.15) is 29.4 Å².